The van der Waals surface area contributed by atoms with Crippen LogP contribution >= 0.6 is 23.4 Å². The van der Waals surface area contributed by atoms with Crippen LogP contribution in [0.2, 0.25) is 5.02 Å². The van der Waals surface area contributed by atoms with Crippen molar-refractivity contribution in [1.82, 2.24) is 5.32 Å². The van der Waals surface area contributed by atoms with Crippen molar-refractivity contribution in [2.24, 2.45) is 0 Å². The number of hydrogen-bond donors (Lipinski definition) is 1. The molecule has 0 aromatic heterocycles. The first-order chi connectivity index (χ1) is 12.6. The molecule has 138 valence electrons. The topological polar surface area (TPSA) is 55.4 Å². The van der Waals surface area contributed by atoms with Crippen LogP contribution in [0.1, 0.15) is 22.3 Å². The van der Waals surface area contributed by atoms with Crippen LogP contribution in [0.3, 0.4) is 0 Å². The van der Waals surface area contributed by atoms with Gasteiger partial charge in [0.1, 0.15) is 6.04 Å². The Morgan fingerprint density at radius 3 is 2.50 bits per heavy atom. The summed E-state index contributed by atoms with van der Waals surface area (Å²) in [5, 5.41) is 3.10. The lowest BCUT2D eigenvalue weighted by Crippen LogP contribution is -2.42. The molecular weight excluding hydrogens is 370 g/mol. The average Bonchev–Trinajstić information content (AvgIpc) is 2.66. The molecule has 1 unspecified atom stereocenters. The summed E-state index contributed by atoms with van der Waals surface area (Å²) in [5.41, 5.74) is 1.45. The number of rotatable bonds is 9. The number of hydrogen-bond acceptors (Lipinski definition) is 4. The van der Waals surface area contributed by atoms with Crippen molar-refractivity contribution in [1.29, 1.82) is 0 Å². The zero-order chi connectivity index (χ0) is 18.8. The fourth-order valence-electron chi connectivity index (χ4n) is 2.38. The predicted octanol–water partition coefficient (Wildman–Crippen LogP) is 3.98. The zero-order valence-electron chi connectivity index (χ0n) is 14.6. The molecular formula is C20H22ClNO3S. The highest BCUT2D eigenvalue weighted by Gasteiger charge is 2.23. The highest BCUT2D eigenvalue weighted by molar-refractivity contribution is 7.98. The third kappa shape index (κ3) is 6.39. The van der Waals surface area contributed by atoms with Gasteiger partial charge in [-0.05, 0) is 36.1 Å². The van der Waals surface area contributed by atoms with Gasteiger partial charge in [0.2, 0.25) is 0 Å². The van der Waals surface area contributed by atoms with Gasteiger partial charge in [-0.1, -0.05) is 54.1 Å². The maximum Gasteiger partial charge on any atom is 0.328 e. The van der Waals surface area contributed by atoms with Crippen molar-refractivity contribution < 1.29 is 14.3 Å². The smallest absolute Gasteiger partial charge is 0.328 e. The Labute approximate surface area is 163 Å². The summed E-state index contributed by atoms with van der Waals surface area (Å²) in [6.07, 6.45) is 3.09. The van der Waals surface area contributed by atoms with Crippen molar-refractivity contribution in [3.63, 3.8) is 0 Å². The van der Waals surface area contributed by atoms with Gasteiger partial charge >= 0.3 is 5.97 Å². The Bertz CT molecular complexity index is 724. The summed E-state index contributed by atoms with van der Waals surface area (Å²) in [4.78, 5) is 24.8. The second kappa shape index (κ2) is 10.9. The molecule has 4 nitrogen and oxygen atoms in total. The van der Waals surface area contributed by atoms with Crippen LogP contribution in [0.5, 0.6) is 0 Å². The fraction of sp³-hybridized carbons (Fsp3) is 0.300. The van der Waals surface area contributed by atoms with E-state index in [9.17, 15) is 9.59 Å². The quantitative estimate of drug-likeness (QED) is 0.657. The van der Waals surface area contributed by atoms with Gasteiger partial charge in [-0.2, -0.15) is 11.8 Å². The zero-order valence-corrected chi connectivity index (χ0v) is 16.2. The van der Waals surface area contributed by atoms with Crippen LogP contribution in [0.4, 0.5) is 0 Å². The van der Waals surface area contributed by atoms with Crippen molar-refractivity contribution in [2.45, 2.75) is 18.9 Å². The molecule has 2 aromatic carbocycles. The van der Waals surface area contributed by atoms with Crippen LogP contribution in [0, 0.1) is 0 Å². The molecule has 2 aromatic rings. The summed E-state index contributed by atoms with van der Waals surface area (Å²) in [7, 11) is 0. The van der Waals surface area contributed by atoms with Gasteiger partial charge in [0.05, 0.1) is 17.2 Å². The number of halogens is 1. The lowest BCUT2D eigenvalue weighted by Gasteiger charge is -2.18. The molecule has 1 N–H and O–H groups in total. The summed E-state index contributed by atoms with van der Waals surface area (Å²) in [5.74, 6) is -0.0570. The molecule has 0 spiro atoms. The Hall–Kier alpha value is -1.98. The van der Waals surface area contributed by atoms with E-state index in [0.29, 0.717) is 23.4 Å². The molecule has 0 aliphatic heterocycles. The number of carbonyl (C=O) groups is 2. The Morgan fingerprint density at radius 2 is 1.81 bits per heavy atom. The summed E-state index contributed by atoms with van der Waals surface area (Å²) >= 11 is 7.67. The lowest BCUT2D eigenvalue weighted by atomic mass is 10.1. The van der Waals surface area contributed by atoms with E-state index in [4.69, 9.17) is 16.3 Å². The van der Waals surface area contributed by atoms with E-state index >= 15 is 0 Å². The number of carbonyl (C=O) groups excluding carboxylic acids is 2. The number of esters is 1. The third-order valence-electron chi connectivity index (χ3n) is 3.80. The monoisotopic (exact) mass is 391 g/mol. The molecule has 0 heterocycles. The molecule has 0 aliphatic rings. The van der Waals surface area contributed by atoms with Gasteiger partial charge in [0.25, 0.3) is 5.91 Å². The van der Waals surface area contributed by atoms with E-state index in [1.54, 1.807) is 36.0 Å². The first kappa shape index (κ1) is 20.3. The summed E-state index contributed by atoms with van der Waals surface area (Å²) in [6.45, 7) is 0.278. The minimum Gasteiger partial charge on any atom is -0.464 e. The Morgan fingerprint density at radius 1 is 1.12 bits per heavy atom. The standard InChI is InChI=1S/C20H22ClNO3S/c1-26-14-12-18(22-19(23)16-9-5-6-10-17(16)21)20(24)25-13-11-15-7-3-2-4-8-15/h2-10,18H,11-14H2,1H3,(H,22,23). The van der Waals surface area contributed by atoms with Crippen LogP contribution in [-0.2, 0) is 16.0 Å². The van der Waals surface area contributed by atoms with Gasteiger partial charge < -0.3 is 10.1 Å². The van der Waals surface area contributed by atoms with Crippen molar-refractivity contribution in [2.75, 3.05) is 18.6 Å². The van der Waals surface area contributed by atoms with Gasteiger partial charge in [-0.3, -0.25) is 4.79 Å². The maximum atomic E-state index is 12.4. The first-order valence-electron chi connectivity index (χ1n) is 8.36. The van der Waals surface area contributed by atoms with Crippen LogP contribution < -0.4 is 5.32 Å². The van der Waals surface area contributed by atoms with E-state index in [-0.39, 0.29) is 12.5 Å². The number of thioether (sulfide) groups is 1. The average molecular weight is 392 g/mol. The molecule has 1 amide bonds. The predicted molar refractivity (Wildman–Crippen MR) is 107 cm³/mol. The molecule has 0 radical (unpaired) electrons. The summed E-state index contributed by atoms with van der Waals surface area (Å²) < 4.78 is 5.38. The molecule has 0 aliphatic carbocycles. The minimum atomic E-state index is -0.693. The molecule has 0 bridgehead atoms. The number of ether oxygens (including phenoxy) is 1. The van der Waals surface area contributed by atoms with Gasteiger partial charge in [-0.15, -0.1) is 0 Å². The highest BCUT2D eigenvalue weighted by atomic mass is 35.5. The number of nitrogens with one attached hydrogen (secondary N) is 1. The Balaban J connectivity index is 1.93. The SMILES string of the molecule is CSCCC(NC(=O)c1ccccc1Cl)C(=O)OCCc1ccccc1. The highest BCUT2D eigenvalue weighted by Crippen LogP contribution is 2.15. The van der Waals surface area contributed by atoms with E-state index in [0.717, 1.165) is 11.3 Å². The van der Waals surface area contributed by atoms with Crippen LogP contribution in [0.25, 0.3) is 0 Å². The van der Waals surface area contributed by atoms with Gasteiger partial charge in [-0.25, -0.2) is 4.79 Å². The van der Waals surface area contributed by atoms with E-state index in [2.05, 4.69) is 5.32 Å². The number of benzene rings is 2. The minimum absolute atomic E-state index is 0.278. The van der Waals surface area contributed by atoms with Crippen LogP contribution in [-0.4, -0.2) is 36.5 Å². The molecule has 2 rings (SSSR count). The largest absolute Gasteiger partial charge is 0.464 e. The van der Waals surface area contributed by atoms with E-state index in [1.165, 1.54) is 0 Å². The van der Waals surface area contributed by atoms with Crippen molar-refractivity contribution >= 4 is 35.2 Å². The molecule has 0 saturated heterocycles. The molecule has 0 fully saturated rings. The molecule has 6 heteroatoms. The maximum absolute atomic E-state index is 12.4. The van der Waals surface area contributed by atoms with Crippen molar-refractivity contribution in [3.05, 3.63) is 70.7 Å². The lowest BCUT2D eigenvalue weighted by molar-refractivity contribution is -0.145. The molecule has 0 saturated carbocycles. The summed E-state index contributed by atoms with van der Waals surface area (Å²) in [6, 6.07) is 15.9. The third-order valence-corrected chi connectivity index (χ3v) is 4.77. The van der Waals surface area contributed by atoms with E-state index < -0.39 is 12.0 Å². The van der Waals surface area contributed by atoms with E-state index in [1.807, 2.05) is 36.6 Å². The fourth-order valence-corrected chi connectivity index (χ4v) is 3.07. The second-order valence-electron chi connectivity index (χ2n) is 5.69. The van der Waals surface area contributed by atoms with Gasteiger partial charge in [0.15, 0.2) is 0 Å². The number of amides is 1. The van der Waals surface area contributed by atoms with Crippen molar-refractivity contribution in [3.8, 4) is 0 Å². The second-order valence-corrected chi connectivity index (χ2v) is 7.08. The normalized spacial score (nSPS) is 11.6. The Kier molecular flexibility index (Phi) is 8.51. The van der Waals surface area contributed by atoms with Gasteiger partial charge in [0, 0.05) is 6.42 Å². The van der Waals surface area contributed by atoms with Crippen LogP contribution in [0.15, 0.2) is 54.6 Å². The molecule has 26 heavy (non-hydrogen) atoms. The first-order valence-corrected chi connectivity index (χ1v) is 10.1. The molecule has 1 atom stereocenters.